The van der Waals surface area contributed by atoms with Crippen molar-refractivity contribution in [2.75, 3.05) is 6.54 Å². The van der Waals surface area contributed by atoms with Gasteiger partial charge in [-0.25, -0.2) is 4.68 Å². The molecular weight excluding hydrogens is 306 g/mol. The van der Waals surface area contributed by atoms with Crippen LogP contribution in [-0.2, 0) is 17.8 Å². The van der Waals surface area contributed by atoms with Gasteiger partial charge in [-0.2, -0.15) is 0 Å². The van der Waals surface area contributed by atoms with Gasteiger partial charge >= 0.3 is 0 Å². The monoisotopic (exact) mass is 329 g/mol. The highest BCUT2D eigenvalue weighted by Gasteiger charge is 2.26. The molecule has 1 atom stereocenters. The first-order chi connectivity index (χ1) is 11.5. The maximum absolute atomic E-state index is 12.5. The molecule has 0 saturated heterocycles. The number of fused-ring (bicyclic) bond motifs is 1. The molecular formula is C17H23N5O2. The Morgan fingerprint density at radius 3 is 2.92 bits per heavy atom. The molecule has 0 saturated carbocycles. The minimum Gasteiger partial charge on any atom is -0.486 e. The number of nitrogens with zero attached hydrogens (tertiary/aromatic N) is 4. The minimum absolute atomic E-state index is 0.0268. The molecule has 1 unspecified atom stereocenters. The summed E-state index contributed by atoms with van der Waals surface area (Å²) in [6.45, 7) is 5.09. The van der Waals surface area contributed by atoms with Crippen LogP contribution in [0.15, 0.2) is 30.3 Å². The van der Waals surface area contributed by atoms with Crippen LogP contribution in [0, 0.1) is 5.92 Å². The molecule has 1 aromatic heterocycles. The van der Waals surface area contributed by atoms with Gasteiger partial charge in [0.2, 0.25) is 5.91 Å². The third-order valence-electron chi connectivity index (χ3n) is 4.21. The molecule has 0 fully saturated rings. The molecule has 0 spiro atoms. The molecule has 2 aromatic rings. The lowest BCUT2D eigenvalue weighted by molar-refractivity contribution is -0.126. The highest BCUT2D eigenvalue weighted by atomic mass is 16.5. The van der Waals surface area contributed by atoms with Crippen LogP contribution in [0.5, 0.6) is 5.75 Å². The third-order valence-corrected chi connectivity index (χ3v) is 4.21. The average Bonchev–Trinajstić information content (AvgIpc) is 2.92. The molecule has 7 heteroatoms. The van der Waals surface area contributed by atoms with Gasteiger partial charge in [0.15, 0.2) is 5.82 Å². The number of amides is 1. The minimum atomic E-state index is -0.472. The fourth-order valence-electron chi connectivity index (χ4n) is 2.85. The second kappa shape index (κ2) is 6.98. The molecule has 128 valence electrons. The predicted molar refractivity (Wildman–Crippen MR) is 88.4 cm³/mol. The first kappa shape index (κ1) is 16.4. The molecule has 3 rings (SSSR count). The van der Waals surface area contributed by atoms with E-state index in [1.165, 1.54) is 0 Å². The van der Waals surface area contributed by atoms with Crippen LogP contribution < -0.4 is 10.1 Å². The van der Waals surface area contributed by atoms with Crippen LogP contribution in [0.2, 0.25) is 0 Å². The number of carbonyl (C=O) groups excluding carboxylic acids is 1. The summed E-state index contributed by atoms with van der Waals surface area (Å²) in [5.41, 5.74) is -0.472. The lowest BCUT2D eigenvalue weighted by Crippen LogP contribution is -2.44. The second-order valence-corrected chi connectivity index (χ2v) is 6.74. The Balaban J connectivity index is 1.50. The highest BCUT2D eigenvalue weighted by molar-refractivity contribution is 5.78. The molecule has 0 aliphatic carbocycles. The fourth-order valence-corrected chi connectivity index (χ4v) is 2.85. The molecule has 0 radical (unpaired) electrons. The molecule has 2 heterocycles. The van der Waals surface area contributed by atoms with Crippen LogP contribution in [-0.4, -0.2) is 38.3 Å². The Morgan fingerprint density at radius 1 is 1.33 bits per heavy atom. The molecule has 0 bridgehead atoms. The number of ether oxygens (including phenoxy) is 1. The smallest absolute Gasteiger partial charge is 0.223 e. The molecule has 1 N–H and O–H groups in total. The van der Waals surface area contributed by atoms with Gasteiger partial charge in [-0.05, 0) is 49.2 Å². The predicted octanol–water partition coefficient (Wildman–Crippen LogP) is 1.60. The summed E-state index contributed by atoms with van der Waals surface area (Å²) in [7, 11) is 0. The van der Waals surface area contributed by atoms with Gasteiger partial charge in [0, 0.05) is 18.9 Å². The van der Waals surface area contributed by atoms with Crippen LogP contribution >= 0.6 is 0 Å². The summed E-state index contributed by atoms with van der Waals surface area (Å²) < 4.78 is 7.74. The van der Waals surface area contributed by atoms with Crippen molar-refractivity contribution in [1.82, 2.24) is 25.5 Å². The molecule has 24 heavy (non-hydrogen) atoms. The van der Waals surface area contributed by atoms with E-state index >= 15 is 0 Å². The van der Waals surface area contributed by atoms with Crippen molar-refractivity contribution in [2.45, 2.75) is 45.3 Å². The van der Waals surface area contributed by atoms with Gasteiger partial charge in [0.25, 0.3) is 0 Å². The molecule has 1 amide bonds. The first-order valence-corrected chi connectivity index (χ1v) is 8.30. The zero-order valence-electron chi connectivity index (χ0n) is 14.1. The maximum Gasteiger partial charge on any atom is 0.223 e. The largest absolute Gasteiger partial charge is 0.486 e. The SMILES string of the molecule is CC(C)(CNC(=O)C1CCc2nnnn2CC1)Oc1ccccc1. The van der Waals surface area contributed by atoms with Crippen LogP contribution in [0.25, 0.3) is 0 Å². The number of benzene rings is 1. The van der Waals surface area contributed by atoms with Gasteiger partial charge < -0.3 is 10.1 Å². The standard InChI is InChI=1S/C17H23N5O2/c1-17(2,24-14-6-4-3-5-7-14)12-18-16(23)13-8-9-15-19-20-21-22(15)11-10-13/h3-7,13H,8-12H2,1-2H3,(H,18,23). The second-order valence-electron chi connectivity index (χ2n) is 6.74. The van der Waals surface area contributed by atoms with Crippen molar-refractivity contribution in [3.63, 3.8) is 0 Å². The fraction of sp³-hybridized carbons (Fsp3) is 0.529. The van der Waals surface area contributed by atoms with E-state index in [4.69, 9.17) is 4.74 Å². The van der Waals surface area contributed by atoms with Crippen molar-refractivity contribution in [2.24, 2.45) is 5.92 Å². The number of carbonyl (C=O) groups is 1. The van der Waals surface area contributed by atoms with Gasteiger partial charge in [-0.3, -0.25) is 4.79 Å². The molecule has 1 aliphatic rings. The van der Waals surface area contributed by atoms with E-state index in [1.54, 1.807) is 4.68 Å². The van der Waals surface area contributed by atoms with E-state index in [9.17, 15) is 4.79 Å². The van der Waals surface area contributed by atoms with Crippen molar-refractivity contribution in [1.29, 1.82) is 0 Å². The number of nitrogens with one attached hydrogen (secondary N) is 1. The topological polar surface area (TPSA) is 81.9 Å². The maximum atomic E-state index is 12.5. The number of hydrogen-bond acceptors (Lipinski definition) is 5. The zero-order chi connectivity index (χ0) is 17.0. The summed E-state index contributed by atoms with van der Waals surface area (Å²) in [5, 5.41) is 14.6. The number of rotatable bonds is 5. The summed E-state index contributed by atoms with van der Waals surface area (Å²) >= 11 is 0. The first-order valence-electron chi connectivity index (χ1n) is 8.30. The summed E-state index contributed by atoms with van der Waals surface area (Å²) in [4.78, 5) is 12.5. The Hall–Kier alpha value is -2.44. The Labute approximate surface area is 141 Å². The lowest BCUT2D eigenvalue weighted by atomic mass is 9.99. The van der Waals surface area contributed by atoms with Crippen molar-refractivity contribution in [3.05, 3.63) is 36.2 Å². The Morgan fingerprint density at radius 2 is 2.12 bits per heavy atom. The highest BCUT2D eigenvalue weighted by Crippen LogP contribution is 2.20. The summed E-state index contributed by atoms with van der Waals surface area (Å²) in [6, 6.07) is 9.64. The zero-order valence-corrected chi connectivity index (χ0v) is 14.1. The molecule has 1 aromatic carbocycles. The number of aryl methyl sites for hydroxylation is 2. The molecule has 7 nitrogen and oxygen atoms in total. The Kier molecular flexibility index (Phi) is 4.78. The summed E-state index contributed by atoms with van der Waals surface area (Å²) in [5.74, 6) is 1.70. The van der Waals surface area contributed by atoms with E-state index < -0.39 is 5.60 Å². The lowest BCUT2D eigenvalue weighted by Gasteiger charge is -2.27. The van der Waals surface area contributed by atoms with Gasteiger partial charge in [0.05, 0.1) is 6.54 Å². The average molecular weight is 329 g/mol. The number of tetrazole rings is 1. The van der Waals surface area contributed by atoms with Crippen LogP contribution in [0.1, 0.15) is 32.5 Å². The van der Waals surface area contributed by atoms with Gasteiger partial charge in [-0.15, -0.1) is 5.10 Å². The van der Waals surface area contributed by atoms with E-state index in [2.05, 4.69) is 20.8 Å². The van der Waals surface area contributed by atoms with Crippen molar-refractivity contribution >= 4 is 5.91 Å². The van der Waals surface area contributed by atoms with E-state index in [0.29, 0.717) is 13.1 Å². The van der Waals surface area contributed by atoms with E-state index in [1.807, 2.05) is 44.2 Å². The van der Waals surface area contributed by atoms with Crippen LogP contribution in [0.4, 0.5) is 0 Å². The summed E-state index contributed by atoms with van der Waals surface area (Å²) in [6.07, 6.45) is 2.25. The van der Waals surface area contributed by atoms with Crippen molar-refractivity contribution in [3.8, 4) is 5.75 Å². The normalized spacial score (nSPS) is 17.7. The van der Waals surface area contributed by atoms with Crippen LogP contribution in [0.3, 0.4) is 0 Å². The quantitative estimate of drug-likeness (QED) is 0.901. The van der Waals surface area contributed by atoms with Gasteiger partial charge in [-0.1, -0.05) is 18.2 Å². The van der Waals surface area contributed by atoms with E-state index in [-0.39, 0.29) is 11.8 Å². The third kappa shape index (κ3) is 4.10. The number of aromatic nitrogens is 4. The van der Waals surface area contributed by atoms with Crippen molar-refractivity contribution < 1.29 is 9.53 Å². The number of para-hydroxylation sites is 1. The van der Waals surface area contributed by atoms with E-state index in [0.717, 1.165) is 30.8 Å². The number of hydrogen-bond donors (Lipinski definition) is 1. The Bertz CT molecular complexity index is 661. The van der Waals surface area contributed by atoms with Gasteiger partial charge in [0.1, 0.15) is 11.4 Å². The molecule has 1 aliphatic heterocycles.